The van der Waals surface area contributed by atoms with Crippen molar-refractivity contribution in [3.8, 4) is 5.75 Å². The van der Waals surface area contributed by atoms with E-state index in [9.17, 15) is 18.0 Å². The third kappa shape index (κ3) is 6.46. The van der Waals surface area contributed by atoms with Gasteiger partial charge in [0, 0.05) is 24.7 Å². The molecule has 0 saturated carbocycles. The van der Waals surface area contributed by atoms with Gasteiger partial charge in [-0.1, -0.05) is 23.7 Å². The lowest BCUT2D eigenvalue weighted by molar-refractivity contribution is -0.131. The maximum absolute atomic E-state index is 13.0. The van der Waals surface area contributed by atoms with Crippen LogP contribution in [-0.4, -0.2) is 50.8 Å². The van der Waals surface area contributed by atoms with Crippen LogP contribution >= 0.6 is 11.6 Å². The molecule has 0 radical (unpaired) electrons. The van der Waals surface area contributed by atoms with E-state index >= 15 is 0 Å². The average molecular weight is 494 g/mol. The van der Waals surface area contributed by atoms with E-state index in [0.29, 0.717) is 30.2 Å². The molecule has 2 amide bonds. The summed E-state index contributed by atoms with van der Waals surface area (Å²) in [4.78, 5) is 25.3. The maximum atomic E-state index is 13.0. The fraction of sp³-hybridized carbons (Fsp3) is 0.391. The predicted molar refractivity (Wildman–Crippen MR) is 125 cm³/mol. The number of amides is 2. The summed E-state index contributed by atoms with van der Waals surface area (Å²) in [7, 11) is -2.22. The number of ether oxygens (including phenoxy) is 1. The maximum Gasteiger partial charge on any atom is 0.243 e. The van der Waals surface area contributed by atoms with Gasteiger partial charge in [-0.15, -0.1) is 0 Å². The van der Waals surface area contributed by atoms with Crippen molar-refractivity contribution in [3.63, 3.8) is 0 Å². The fourth-order valence-electron chi connectivity index (χ4n) is 3.66. The first-order chi connectivity index (χ1) is 15.7. The number of halogens is 1. The van der Waals surface area contributed by atoms with Crippen LogP contribution in [0.5, 0.6) is 5.75 Å². The Morgan fingerprint density at radius 3 is 2.61 bits per heavy atom. The highest BCUT2D eigenvalue weighted by molar-refractivity contribution is 7.89. The standard InChI is InChI=1S/C23H28ClN3O5S/c1-16(22(28)25-14-17-5-3-7-19(24)13-17)26-23(29)18-6-4-12-27(15-18)33(30,31)21-10-8-20(32-2)9-11-21/h3,5,7-11,13,16,18H,4,6,12,14-15H2,1-2H3,(H,25,28)(H,26,29)/t16-,18-/m1/s1. The monoisotopic (exact) mass is 493 g/mol. The molecule has 1 fully saturated rings. The molecule has 0 unspecified atom stereocenters. The number of methoxy groups -OCH3 is 1. The molecule has 33 heavy (non-hydrogen) atoms. The van der Waals surface area contributed by atoms with Gasteiger partial charge in [-0.05, 0) is 61.7 Å². The Bertz CT molecular complexity index is 1090. The molecule has 0 spiro atoms. The van der Waals surface area contributed by atoms with Crippen molar-refractivity contribution in [2.24, 2.45) is 5.92 Å². The molecule has 0 aliphatic carbocycles. The number of sulfonamides is 1. The topological polar surface area (TPSA) is 105 Å². The van der Waals surface area contributed by atoms with E-state index in [2.05, 4.69) is 10.6 Å². The van der Waals surface area contributed by atoms with E-state index in [1.165, 1.54) is 23.5 Å². The molecule has 1 aliphatic rings. The Kier molecular flexibility index (Phi) is 8.34. The first-order valence-electron chi connectivity index (χ1n) is 10.7. The number of nitrogens with zero attached hydrogens (tertiary/aromatic N) is 1. The molecule has 3 rings (SSSR count). The lowest BCUT2D eigenvalue weighted by Crippen LogP contribution is -2.50. The van der Waals surface area contributed by atoms with Crippen LogP contribution in [0, 0.1) is 5.92 Å². The summed E-state index contributed by atoms with van der Waals surface area (Å²) < 4.78 is 32.4. The fourth-order valence-corrected chi connectivity index (χ4v) is 5.39. The second-order valence-electron chi connectivity index (χ2n) is 7.96. The number of benzene rings is 2. The molecular formula is C23H28ClN3O5S. The quantitative estimate of drug-likeness (QED) is 0.588. The number of piperidine rings is 1. The van der Waals surface area contributed by atoms with Crippen LogP contribution < -0.4 is 15.4 Å². The van der Waals surface area contributed by atoms with Gasteiger partial charge in [0.1, 0.15) is 11.8 Å². The van der Waals surface area contributed by atoms with Gasteiger partial charge in [-0.3, -0.25) is 9.59 Å². The minimum Gasteiger partial charge on any atom is -0.497 e. The van der Waals surface area contributed by atoms with Crippen molar-refractivity contribution in [2.45, 2.75) is 37.2 Å². The third-order valence-corrected chi connectivity index (χ3v) is 7.67. The van der Waals surface area contributed by atoms with Crippen molar-refractivity contribution in [2.75, 3.05) is 20.2 Å². The average Bonchev–Trinajstić information content (AvgIpc) is 2.82. The lowest BCUT2D eigenvalue weighted by Gasteiger charge is -2.31. The van der Waals surface area contributed by atoms with Crippen molar-refractivity contribution in [3.05, 3.63) is 59.1 Å². The summed E-state index contributed by atoms with van der Waals surface area (Å²) in [5.74, 6) is -0.640. The van der Waals surface area contributed by atoms with E-state index in [1.54, 1.807) is 37.3 Å². The van der Waals surface area contributed by atoms with Gasteiger partial charge in [0.15, 0.2) is 0 Å². The van der Waals surface area contributed by atoms with Gasteiger partial charge in [-0.25, -0.2) is 8.42 Å². The first-order valence-corrected chi connectivity index (χ1v) is 12.5. The SMILES string of the molecule is COc1ccc(S(=O)(=O)N2CCC[C@@H](C(=O)N[C@H](C)C(=O)NCc3cccc(Cl)c3)C2)cc1. The number of hydrogen-bond acceptors (Lipinski definition) is 5. The summed E-state index contributed by atoms with van der Waals surface area (Å²) >= 11 is 5.95. The Morgan fingerprint density at radius 1 is 1.21 bits per heavy atom. The molecule has 10 heteroatoms. The summed E-state index contributed by atoms with van der Waals surface area (Å²) in [5.41, 5.74) is 0.848. The van der Waals surface area contributed by atoms with Crippen molar-refractivity contribution in [1.29, 1.82) is 0 Å². The second kappa shape index (κ2) is 11.0. The number of nitrogens with one attached hydrogen (secondary N) is 2. The van der Waals surface area contributed by atoms with Crippen LogP contribution in [0.15, 0.2) is 53.4 Å². The van der Waals surface area contributed by atoms with E-state index in [1.807, 2.05) is 6.07 Å². The Balaban J connectivity index is 1.56. The van der Waals surface area contributed by atoms with Crippen LogP contribution in [0.4, 0.5) is 0 Å². The Labute approximate surface area is 199 Å². The van der Waals surface area contributed by atoms with Gasteiger partial charge < -0.3 is 15.4 Å². The normalized spacial score (nSPS) is 17.7. The Morgan fingerprint density at radius 2 is 1.94 bits per heavy atom. The van der Waals surface area contributed by atoms with Gasteiger partial charge >= 0.3 is 0 Å². The Hall–Kier alpha value is -2.62. The molecule has 2 N–H and O–H groups in total. The highest BCUT2D eigenvalue weighted by Crippen LogP contribution is 2.25. The first kappa shape index (κ1) is 25.0. The minimum atomic E-state index is -3.73. The molecule has 178 valence electrons. The van der Waals surface area contributed by atoms with Crippen LogP contribution in [0.2, 0.25) is 5.02 Å². The van der Waals surface area contributed by atoms with Crippen LogP contribution in [0.25, 0.3) is 0 Å². The highest BCUT2D eigenvalue weighted by Gasteiger charge is 2.34. The van der Waals surface area contributed by atoms with Gasteiger partial charge in [0.25, 0.3) is 0 Å². The zero-order chi connectivity index (χ0) is 24.0. The molecule has 0 bridgehead atoms. The minimum absolute atomic E-state index is 0.0665. The molecule has 2 aromatic rings. The molecule has 2 atom stereocenters. The lowest BCUT2D eigenvalue weighted by atomic mass is 9.98. The summed E-state index contributed by atoms with van der Waals surface area (Å²) in [6, 6.07) is 12.5. The number of carbonyl (C=O) groups excluding carboxylic acids is 2. The zero-order valence-electron chi connectivity index (χ0n) is 18.6. The smallest absolute Gasteiger partial charge is 0.243 e. The van der Waals surface area contributed by atoms with Gasteiger partial charge in [0.2, 0.25) is 21.8 Å². The van der Waals surface area contributed by atoms with Crippen molar-refractivity contribution < 1.29 is 22.7 Å². The van der Waals surface area contributed by atoms with Crippen LogP contribution in [-0.2, 0) is 26.2 Å². The van der Waals surface area contributed by atoms with E-state index < -0.39 is 22.0 Å². The molecule has 8 nitrogen and oxygen atoms in total. The van der Waals surface area contributed by atoms with Crippen LogP contribution in [0.1, 0.15) is 25.3 Å². The number of hydrogen-bond donors (Lipinski definition) is 2. The largest absolute Gasteiger partial charge is 0.497 e. The van der Waals surface area contributed by atoms with E-state index in [4.69, 9.17) is 16.3 Å². The van der Waals surface area contributed by atoms with Crippen LogP contribution in [0.3, 0.4) is 0 Å². The molecule has 1 heterocycles. The zero-order valence-corrected chi connectivity index (χ0v) is 20.2. The number of rotatable bonds is 8. The molecule has 1 saturated heterocycles. The summed E-state index contributed by atoms with van der Waals surface area (Å²) in [5, 5.41) is 6.06. The highest BCUT2D eigenvalue weighted by atomic mass is 35.5. The van der Waals surface area contributed by atoms with Crippen molar-refractivity contribution >= 4 is 33.4 Å². The molecule has 2 aromatic carbocycles. The second-order valence-corrected chi connectivity index (χ2v) is 10.3. The van der Waals surface area contributed by atoms with E-state index in [-0.39, 0.29) is 29.8 Å². The summed E-state index contributed by atoms with van der Waals surface area (Å²) in [6.45, 7) is 2.29. The van der Waals surface area contributed by atoms with Gasteiger partial charge in [-0.2, -0.15) is 4.31 Å². The molecular weight excluding hydrogens is 466 g/mol. The third-order valence-electron chi connectivity index (χ3n) is 5.56. The predicted octanol–water partition coefficient (Wildman–Crippen LogP) is 2.57. The van der Waals surface area contributed by atoms with Gasteiger partial charge in [0.05, 0.1) is 17.9 Å². The summed E-state index contributed by atoms with van der Waals surface area (Å²) in [6.07, 6.45) is 1.11. The molecule has 1 aliphatic heterocycles. The van der Waals surface area contributed by atoms with E-state index in [0.717, 1.165) is 5.56 Å². The van der Waals surface area contributed by atoms with Crippen molar-refractivity contribution in [1.82, 2.24) is 14.9 Å². The molecule has 0 aromatic heterocycles. The number of carbonyl (C=O) groups is 2.